The standard InChI is InChI=1S/C25H28N4O3/c30-25(16-8-9-22-23(14-16)32-13-12-31-22)26-17-10-11-29(18-4-3-5-18)21(15-17)24-27-19-6-1-2-7-20(19)28-24/h1-2,6-9,14,17-18,21H,3-5,10-13,15H2,(H,26,30)(H,27,28)/t17-,21-/m1/s1. The second-order valence-corrected chi connectivity index (χ2v) is 9.03. The van der Waals surface area contributed by atoms with Crippen LogP contribution in [0.15, 0.2) is 42.5 Å². The molecule has 1 saturated heterocycles. The molecular formula is C25H28N4O3. The summed E-state index contributed by atoms with van der Waals surface area (Å²) in [5, 5.41) is 3.27. The molecule has 7 nitrogen and oxygen atoms in total. The number of carbonyl (C=O) groups is 1. The predicted molar refractivity (Wildman–Crippen MR) is 121 cm³/mol. The Kier molecular flexibility index (Phi) is 4.98. The molecule has 0 radical (unpaired) electrons. The number of piperidine rings is 1. The number of hydrogen-bond donors (Lipinski definition) is 2. The summed E-state index contributed by atoms with van der Waals surface area (Å²) in [5.41, 5.74) is 2.67. The third kappa shape index (κ3) is 3.60. The van der Waals surface area contributed by atoms with E-state index in [0.29, 0.717) is 36.3 Å². The minimum atomic E-state index is -0.0626. The quantitative estimate of drug-likeness (QED) is 0.655. The Morgan fingerprint density at radius 2 is 1.91 bits per heavy atom. The summed E-state index contributed by atoms with van der Waals surface area (Å²) in [6.45, 7) is 2.02. The highest BCUT2D eigenvalue weighted by Crippen LogP contribution is 2.38. The number of ether oxygens (including phenoxy) is 2. The van der Waals surface area contributed by atoms with E-state index in [2.05, 4.69) is 21.3 Å². The van der Waals surface area contributed by atoms with Crippen LogP contribution in [0.4, 0.5) is 0 Å². The third-order valence-electron chi connectivity index (χ3n) is 7.05. The van der Waals surface area contributed by atoms with Crippen LogP contribution in [0.3, 0.4) is 0 Å². The van der Waals surface area contributed by atoms with Gasteiger partial charge in [0.15, 0.2) is 11.5 Å². The first kappa shape index (κ1) is 19.6. The number of amides is 1. The zero-order valence-electron chi connectivity index (χ0n) is 18.0. The molecule has 3 aromatic rings. The van der Waals surface area contributed by atoms with Crippen LogP contribution in [0.25, 0.3) is 11.0 Å². The number of nitrogens with one attached hydrogen (secondary N) is 2. The Balaban J connectivity index is 1.21. The summed E-state index contributed by atoms with van der Waals surface area (Å²) in [6.07, 6.45) is 5.62. The number of aromatic amines is 1. The van der Waals surface area contributed by atoms with Crippen molar-refractivity contribution in [2.45, 2.75) is 50.2 Å². The van der Waals surface area contributed by atoms with Gasteiger partial charge in [0.05, 0.1) is 17.1 Å². The molecule has 2 atom stereocenters. The fourth-order valence-electron chi connectivity index (χ4n) is 5.12. The number of imidazole rings is 1. The van der Waals surface area contributed by atoms with Gasteiger partial charge in [-0.05, 0) is 56.0 Å². The summed E-state index contributed by atoms with van der Waals surface area (Å²) in [5.74, 6) is 2.29. The molecule has 3 heterocycles. The number of carbonyl (C=O) groups excluding carboxylic acids is 1. The van der Waals surface area contributed by atoms with Crippen molar-refractivity contribution >= 4 is 16.9 Å². The molecule has 0 bridgehead atoms. The zero-order chi connectivity index (χ0) is 21.5. The van der Waals surface area contributed by atoms with Crippen LogP contribution in [0.2, 0.25) is 0 Å². The molecule has 2 fully saturated rings. The third-order valence-corrected chi connectivity index (χ3v) is 7.05. The molecule has 1 aliphatic carbocycles. The number of rotatable bonds is 4. The lowest BCUT2D eigenvalue weighted by molar-refractivity contribution is 0.0348. The lowest BCUT2D eigenvalue weighted by Crippen LogP contribution is -2.51. The molecule has 2 aliphatic heterocycles. The smallest absolute Gasteiger partial charge is 0.251 e. The van der Waals surface area contributed by atoms with Crippen LogP contribution in [-0.4, -0.2) is 52.6 Å². The fraction of sp³-hybridized carbons (Fsp3) is 0.440. The van der Waals surface area contributed by atoms with Crippen molar-refractivity contribution in [1.82, 2.24) is 20.2 Å². The second-order valence-electron chi connectivity index (χ2n) is 9.03. The molecule has 1 aromatic heterocycles. The molecule has 0 unspecified atom stereocenters. The number of fused-ring (bicyclic) bond motifs is 2. The van der Waals surface area contributed by atoms with Crippen LogP contribution in [0, 0.1) is 0 Å². The van der Waals surface area contributed by atoms with Crippen molar-refractivity contribution in [1.29, 1.82) is 0 Å². The van der Waals surface area contributed by atoms with E-state index in [1.807, 2.05) is 30.3 Å². The van der Waals surface area contributed by atoms with E-state index < -0.39 is 0 Å². The lowest BCUT2D eigenvalue weighted by Gasteiger charge is -2.46. The van der Waals surface area contributed by atoms with Gasteiger partial charge in [-0.15, -0.1) is 0 Å². The monoisotopic (exact) mass is 432 g/mol. The summed E-state index contributed by atoms with van der Waals surface area (Å²) < 4.78 is 11.2. The molecule has 6 rings (SSSR count). The number of hydrogen-bond acceptors (Lipinski definition) is 5. The van der Waals surface area contributed by atoms with Gasteiger partial charge in [-0.25, -0.2) is 4.98 Å². The highest BCUT2D eigenvalue weighted by atomic mass is 16.6. The molecule has 3 aliphatic rings. The fourth-order valence-corrected chi connectivity index (χ4v) is 5.12. The first-order valence-electron chi connectivity index (χ1n) is 11.7. The van der Waals surface area contributed by atoms with Crippen LogP contribution in [0.5, 0.6) is 11.5 Å². The zero-order valence-corrected chi connectivity index (χ0v) is 18.0. The topological polar surface area (TPSA) is 79.5 Å². The van der Waals surface area contributed by atoms with E-state index in [4.69, 9.17) is 14.5 Å². The predicted octanol–water partition coefficient (Wildman–Crippen LogP) is 3.82. The van der Waals surface area contributed by atoms with E-state index in [-0.39, 0.29) is 18.0 Å². The van der Waals surface area contributed by atoms with Crippen LogP contribution in [-0.2, 0) is 0 Å². The summed E-state index contributed by atoms with van der Waals surface area (Å²) in [4.78, 5) is 24.1. The van der Waals surface area contributed by atoms with E-state index in [1.54, 1.807) is 6.07 Å². The number of likely N-dealkylation sites (tertiary alicyclic amines) is 1. The van der Waals surface area contributed by atoms with Crippen molar-refractivity contribution in [3.05, 3.63) is 53.9 Å². The maximum Gasteiger partial charge on any atom is 0.251 e. The van der Waals surface area contributed by atoms with Crippen LogP contribution >= 0.6 is 0 Å². The summed E-state index contributed by atoms with van der Waals surface area (Å²) >= 11 is 0. The van der Waals surface area contributed by atoms with Gasteiger partial charge in [0, 0.05) is 24.2 Å². The number of para-hydroxylation sites is 2. The maximum absolute atomic E-state index is 13.0. The van der Waals surface area contributed by atoms with Gasteiger partial charge < -0.3 is 19.8 Å². The van der Waals surface area contributed by atoms with E-state index in [9.17, 15) is 4.79 Å². The van der Waals surface area contributed by atoms with Crippen molar-refractivity contribution in [2.75, 3.05) is 19.8 Å². The largest absolute Gasteiger partial charge is 0.486 e. The molecule has 2 aromatic carbocycles. The van der Waals surface area contributed by atoms with Gasteiger partial charge in [-0.3, -0.25) is 9.69 Å². The molecule has 0 spiro atoms. The molecule has 1 saturated carbocycles. The summed E-state index contributed by atoms with van der Waals surface area (Å²) in [6, 6.07) is 14.5. The van der Waals surface area contributed by atoms with Gasteiger partial charge in [-0.2, -0.15) is 0 Å². The number of H-pyrrole nitrogens is 1. The molecule has 1 amide bonds. The Bertz CT molecular complexity index is 1110. The first-order valence-corrected chi connectivity index (χ1v) is 11.7. The van der Waals surface area contributed by atoms with Gasteiger partial charge >= 0.3 is 0 Å². The highest BCUT2D eigenvalue weighted by molar-refractivity contribution is 5.95. The van der Waals surface area contributed by atoms with E-state index >= 15 is 0 Å². The van der Waals surface area contributed by atoms with Gasteiger partial charge in [0.2, 0.25) is 0 Å². The minimum Gasteiger partial charge on any atom is -0.486 e. The van der Waals surface area contributed by atoms with Crippen LogP contribution < -0.4 is 14.8 Å². The number of benzene rings is 2. The minimum absolute atomic E-state index is 0.0626. The Labute approximate surface area is 187 Å². The van der Waals surface area contributed by atoms with Crippen molar-refractivity contribution in [3.8, 4) is 11.5 Å². The summed E-state index contributed by atoms with van der Waals surface area (Å²) in [7, 11) is 0. The number of aromatic nitrogens is 2. The van der Waals surface area contributed by atoms with Gasteiger partial charge in [0.1, 0.15) is 19.0 Å². The Morgan fingerprint density at radius 3 is 2.72 bits per heavy atom. The van der Waals surface area contributed by atoms with Gasteiger partial charge in [-0.1, -0.05) is 18.6 Å². The van der Waals surface area contributed by atoms with E-state index in [1.165, 1.54) is 19.3 Å². The second kappa shape index (κ2) is 8.13. The molecule has 2 N–H and O–H groups in total. The Morgan fingerprint density at radius 1 is 1.06 bits per heavy atom. The van der Waals surface area contributed by atoms with Crippen molar-refractivity contribution < 1.29 is 14.3 Å². The normalized spacial score (nSPS) is 23.6. The molecule has 166 valence electrons. The van der Waals surface area contributed by atoms with Crippen LogP contribution in [0.1, 0.15) is 54.3 Å². The lowest BCUT2D eigenvalue weighted by atomic mass is 9.86. The molecular weight excluding hydrogens is 404 g/mol. The Hall–Kier alpha value is -3.06. The molecule has 32 heavy (non-hydrogen) atoms. The number of nitrogens with zero attached hydrogens (tertiary/aromatic N) is 2. The van der Waals surface area contributed by atoms with Crippen molar-refractivity contribution in [3.63, 3.8) is 0 Å². The first-order chi connectivity index (χ1) is 15.7. The maximum atomic E-state index is 13.0. The highest BCUT2D eigenvalue weighted by Gasteiger charge is 2.38. The average Bonchev–Trinajstić information content (AvgIpc) is 3.23. The average molecular weight is 433 g/mol. The SMILES string of the molecule is O=C(N[C@@H]1CCN(C2CCC2)[C@@H](c2nc3ccccc3[nH]2)C1)c1ccc2c(c1)OCCO2. The molecule has 7 heteroatoms. The van der Waals surface area contributed by atoms with Gasteiger partial charge in [0.25, 0.3) is 5.91 Å². The van der Waals surface area contributed by atoms with Crippen molar-refractivity contribution in [2.24, 2.45) is 0 Å². The van der Waals surface area contributed by atoms with E-state index in [0.717, 1.165) is 36.2 Å².